The van der Waals surface area contributed by atoms with Crippen LogP contribution in [0.4, 0.5) is 20.3 Å². The van der Waals surface area contributed by atoms with Crippen LogP contribution in [-0.4, -0.2) is 24.7 Å². The third kappa shape index (κ3) is 5.06. The maximum atomic E-state index is 13.8. The third-order valence-electron chi connectivity index (χ3n) is 4.32. The van der Waals surface area contributed by atoms with Crippen LogP contribution in [0, 0.1) is 11.6 Å². The molecule has 0 aliphatic carbocycles. The van der Waals surface area contributed by atoms with E-state index in [-0.39, 0.29) is 11.6 Å². The normalized spacial score (nSPS) is 10.7. The van der Waals surface area contributed by atoms with Crippen LogP contribution in [0.3, 0.4) is 0 Å². The number of benzene rings is 2. The summed E-state index contributed by atoms with van der Waals surface area (Å²) < 4.78 is 30.1. The van der Waals surface area contributed by atoms with Crippen molar-refractivity contribution in [1.29, 1.82) is 0 Å². The first-order chi connectivity index (χ1) is 14.5. The van der Waals surface area contributed by atoms with E-state index in [1.54, 1.807) is 64.4 Å². The predicted octanol–water partition coefficient (Wildman–Crippen LogP) is 4.26. The highest BCUT2D eigenvalue weighted by molar-refractivity contribution is 7.80. The van der Waals surface area contributed by atoms with E-state index in [0.29, 0.717) is 35.3 Å². The summed E-state index contributed by atoms with van der Waals surface area (Å²) in [4.78, 5) is 0. The lowest BCUT2D eigenvalue weighted by atomic mass is 10.2. The number of nitrogens with one attached hydrogen (secondary N) is 2. The molecular weight excluding hydrogens is 406 g/mol. The first kappa shape index (κ1) is 19.7. The van der Waals surface area contributed by atoms with E-state index >= 15 is 0 Å². The number of rotatable bonds is 6. The van der Waals surface area contributed by atoms with Gasteiger partial charge in [0.2, 0.25) is 0 Å². The van der Waals surface area contributed by atoms with E-state index in [0.717, 1.165) is 5.56 Å². The van der Waals surface area contributed by atoms with Crippen molar-refractivity contribution < 1.29 is 8.78 Å². The van der Waals surface area contributed by atoms with Crippen LogP contribution >= 0.6 is 12.2 Å². The molecule has 0 amide bonds. The van der Waals surface area contributed by atoms with Gasteiger partial charge >= 0.3 is 0 Å². The van der Waals surface area contributed by atoms with Crippen molar-refractivity contribution in [3.05, 3.63) is 95.9 Å². The van der Waals surface area contributed by atoms with E-state index in [2.05, 4.69) is 20.8 Å². The summed E-state index contributed by atoms with van der Waals surface area (Å²) in [6.45, 7) is 0.841. The number of anilines is 2. The molecule has 30 heavy (non-hydrogen) atoms. The summed E-state index contributed by atoms with van der Waals surface area (Å²) in [6, 6.07) is 14.6. The minimum atomic E-state index is -0.269. The smallest absolute Gasteiger partial charge is 0.176 e. The van der Waals surface area contributed by atoms with Gasteiger partial charge in [0.05, 0.1) is 25.0 Å². The molecule has 2 N–H and O–H groups in total. The summed E-state index contributed by atoms with van der Waals surface area (Å²) >= 11 is 5.32. The largest absolute Gasteiger partial charge is 0.330 e. The van der Waals surface area contributed by atoms with Crippen molar-refractivity contribution in [1.82, 2.24) is 19.6 Å². The summed E-state index contributed by atoms with van der Waals surface area (Å²) in [5.74, 6) is 0.00854. The minimum Gasteiger partial charge on any atom is -0.330 e. The Kier molecular flexibility index (Phi) is 5.80. The standard InChI is InChI=1S/C21H18F2N6S/c22-17-7-5-15(6-8-17)12-29-14-18(11-24-29)25-21(30)26-20-9-10-28(27-20)13-16-3-1-2-4-19(16)23/h1-11,14H,12-13H2,(H2,25,26,27,30). The molecule has 2 aromatic carbocycles. The van der Waals surface area contributed by atoms with Crippen LogP contribution in [-0.2, 0) is 13.1 Å². The molecule has 0 aliphatic heterocycles. The van der Waals surface area contributed by atoms with Crippen LogP contribution in [0.1, 0.15) is 11.1 Å². The molecule has 0 saturated carbocycles. The molecule has 4 aromatic rings. The van der Waals surface area contributed by atoms with Gasteiger partial charge in [-0.15, -0.1) is 0 Å². The zero-order valence-electron chi connectivity index (χ0n) is 15.8. The van der Waals surface area contributed by atoms with Gasteiger partial charge in [-0.1, -0.05) is 30.3 Å². The molecular formula is C21H18F2N6S. The highest BCUT2D eigenvalue weighted by Crippen LogP contribution is 2.12. The molecule has 0 saturated heterocycles. The number of nitrogens with zero attached hydrogens (tertiary/aromatic N) is 4. The van der Waals surface area contributed by atoms with Gasteiger partial charge in [-0.25, -0.2) is 8.78 Å². The summed E-state index contributed by atoms with van der Waals surface area (Å²) in [5.41, 5.74) is 2.20. The second-order valence-corrected chi connectivity index (χ2v) is 7.03. The number of aromatic nitrogens is 4. The van der Waals surface area contributed by atoms with Crippen LogP contribution in [0.15, 0.2) is 73.2 Å². The van der Waals surface area contributed by atoms with E-state index in [4.69, 9.17) is 12.2 Å². The zero-order valence-corrected chi connectivity index (χ0v) is 16.6. The fourth-order valence-electron chi connectivity index (χ4n) is 2.89. The van der Waals surface area contributed by atoms with Crippen LogP contribution in [0.25, 0.3) is 0 Å². The molecule has 0 fully saturated rings. The van der Waals surface area contributed by atoms with Gasteiger partial charge < -0.3 is 10.6 Å². The Balaban J connectivity index is 1.32. The van der Waals surface area contributed by atoms with Gasteiger partial charge in [-0.05, 0) is 36.0 Å². The predicted molar refractivity (Wildman–Crippen MR) is 115 cm³/mol. The van der Waals surface area contributed by atoms with Crippen LogP contribution in [0.2, 0.25) is 0 Å². The molecule has 0 atom stereocenters. The second kappa shape index (κ2) is 8.83. The highest BCUT2D eigenvalue weighted by atomic mass is 32.1. The molecule has 2 aromatic heterocycles. The van der Waals surface area contributed by atoms with Gasteiger partial charge in [0.1, 0.15) is 11.6 Å². The number of hydrogen-bond donors (Lipinski definition) is 2. The van der Waals surface area contributed by atoms with E-state index < -0.39 is 0 Å². The quantitative estimate of drug-likeness (QED) is 0.453. The Morgan fingerprint density at radius 2 is 1.73 bits per heavy atom. The third-order valence-corrected chi connectivity index (χ3v) is 4.53. The fourth-order valence-corrected chi connectivity index (χ4v) is 3.11. The zero-order chi connectivity index (χ0) is 20.9. The Morgan fingerprint density at radius 1 is 0.933 bits per heavy atom. The molecule has 0 aliphatic rings. The summed E-state index contributed by atoms with van der Waals surface area (Å²) in [6.07, 6.45) is 5.19. The molecule has 0 unspecified atom stereocenters. The van der Waals surface area contributed by atoms with Crippen LogP contribution < -0.4 is 10.6 Å². The lowest BCUT2D eigenvalue weighted by molar-refractivity contribution is 0.586. The maximum absolute atomic E-state index is 13.8. The number of hydrogen-bond acceptors (Lipinski definition) is 3. The van der Waals surface area contributed by atoms with Crippen molar-refractivity contribution in [3.63, 3.8) is 0 Å². The molecule has 0 bridgehead atoms. The summed E-state index contributed by atoms with van der Waals surface area (Å²) in [7, 11) is 0. The van der Waals surface area contributed by atoms with Gasteiger partial charge in [-0.2, -0.15) is 10.2 Å². The Hall–Kier alpha value is -3.59. The first-order valence-corrected chi connectivity index (χ1v) is 9.58. The average Bonchev–Trinajstić information content (AvgIpc) is 3.35. The number of thiocarbonyl (C=S) groups is 1. The van der Waals surface area contributed by atoms with Crippen LogP contribution in [0.5, 0.6) is 0 Å². The minimum absolute atomic E-state index is 0.266. The monoisotopic (exact) mass is 424 g/mol. The van der Waals surface area contributed by atoms with Gasteiger partial charge in [0.25, 0.3) is 0 Å². The van der Waals surface area contributed by atoms with Gasteiger partial charge in [0.15, 0.2) is 10.9 Å². The first-order valence-electron chi connectivity index (χ1n) is 9.17. The topological polar surface area (TPSA) is 59.7 Å². The highest BCUT2D eigenvalue weighted by Gasteiger charge is 2.07. The Morgan fingerprint density at radius 3 is 2.53 bits per heavy atom. The van der Waals surface area contributed by atoms with Crippen molar-refractivity contribution >= 4 is 28.8 Å². The lowest BCUT2D eigenvalue weighted by Gasteiger charge is -2.07. The Bertz CT molecular complexity index is 1150. The maximum Gasteiger partial charge on any atom is 0.176 e. The molecule has 4 rings (SSSR count). The second-order valence-electron chi connectivity index (χ2n) is 6.62. The molecule has 0 spiro atoms. The van der Waals surface area contributed by atoms with Crippen molar-refractivity contribution in [2.45, 2.75) is 13.1 Å². The number of halogens is 2. The van der Waals surface area contributed by atoms with Crippen molar-refractivity contribution in [3.8, 4) is 0 Å². The molecule has 6 nitrogen and oxygen atoms in total. The lowest BCUT2D eigenvalue weighted by Crippen LogP contribution is -2.19. The van der Waals surface area contributed by atoms with Gasteiger partial charge in [0, 0.05) is 24.0 Å². The van der Waals surface area contributed by atoms with Crippen molar-refractivity contribution in [2.75, 3.05) is 10.6 Å². The Labute approximate surface area is 177 Å². The fraction of sp³-hybridized carbons (Fsp3) is 0.0952. The van der Waals surface area contributed by atoms with E-state index in [9.17, 15) is 8.78 Å². The SMILES string of the molecule is Fc1ccc(Cn2cc(NC(=S)Nc3ccn(Cc4ccccc4F)n3)cn2)cc1. The van der Waals surface area contributed by atoms with E-state index in [1.807, 2.05) is 0 Å². The molecule has 2 heterocycles. The van der Waals surface area contributed by atoms with Gasteiger partial charge in [-0.3, -0.25) is 9.36 Å². The molecule has 9 heteroatoms. The molecule has 0 radical (unpaired) electrons. The summed E-state index contributed by atoms with van der Waals surface area (Å²) in [5, 5.41) is 15.0. The molecule has 152 valence electrons. The van der Waals surface area contributed by atoms with Crippen molar-refractivity contribution in [2.24, 2.45) is 0 Å². The average molecular weight is 424 g/mol. The van der Waals surface area contributed by atoms with E-state index in [1.165, 1.54) is 18.2 Å².